The molecule has 0 spiro atoms. The van der Waals surface area contributed by atoms with Crippen molar-refractivity contribution in [3.8, 4) is 27.9 Å². The Labute approximate surface area is 331 Å². The molecule has 2 nitrogen and oxygen atoms in total. The predicted octanol–water partition coefficient (Wildman–Crippen LogP) is 15.1. The molecule has 268 valence electrons. The number of hydrogen-bond acceptors (Lipinski definition) is 1. The number of anilines is 3. The average molecular weight is 727 g/mol. The van der Waals surface area contributed by atoms with Gasteiger partial charge in [-0.2, -0.15) is 0 Å². The molecule has 10 aromatic carbocycles. The van der Waals surface area contributed by atoms with Gasteiger partial charge in [-0.05, 0) is 127 Å². The van der Waals surface area contributed by atoms with E-state index in [1.54, 1.807) is 0 Å². The van der Waals surface area contributed by atoms with Crippen molar-refractivity contribution in [2.24, 2.45) is 0 Å². The molecule has 0 unspecified atom stereocenters. The monoisotopic (exact) mass is 726 g/mol. The van der Waals surface area contributed by atoms with Crippen molar-refractivity contribution < 1.29 is 0 Å². The first-order valence-corrected chi connectivity index (χ1v) is 19.9. The van der Waals surface area contributed by atoms with E-state index in [2.05, 4.69) is 217 Å². The third kappa shape index (κ3) is 4.71. The van der Waals surface area contributed by atoms with Gasteiger partial charge in [0.05, 0.1) is 16.7 Å². The van der Waals surface area contributed by atoms with Crippen LogP contribution in [0.5, 0.6) is 0 Å². The average Bonchev–Trinajstić information content (AvgIpc) is 3.71. The smallest absolute Gasteiger partial charge is 0.0553 e. The summed E-state index contributed by atoms with van der Waals surface area (Å²) >= 11 is 0. The molecule has 0 amide bonds. The van der Waals surface area contributed by atoms with Crippen LogP contribution in [0.1, 0.15) is 25.0 Å². The quantitative estimate of drug-likeness (QED) is 0.160. The number of para-hydroxylation sites is 1. The first kappa shape index (κ1) is 32.1. The summed E-state index contributed by atoms with van der Waals surface area (Å²) in [4.78, 5) is 2.42. The highest BCUT2D eigenvalue weighted by atomic mass is 15.1. The van der Waals surface area contributed by atoms with Crippen LogP contribution in [0.25, 0.3) is 82.1 Å². The van der Waals surface area contributed by atoms with Crippen LogP contribution in [-0.2, 0) is 5.41 Å². The van der Waals surface area contributed by atoms with Crippen molar-refractivity contribution in [3.63, 3.8) is 0 Å². The fraction of sp³-hybridized carbons (Fsp3) is 0.0545. The lowest BCUT2D eigenvalue weighted by Crippen LogP contribution is -2.16. The van der Waals surface area contributed by atoms with Crippen molar-refractivity contribution in [2.45, 2.75) is 19.3 Å². The zero-order valence-electron chi connectivity index (χ0n) is 31.9. The van der Waals surface area contributed by atoms with Gasteiger partial charge in [0.25, 0.3) is 0 Å². The molecular weight excluding hydrogens is 689 g/mol. The van der Waals surface area contributed by atoms with Gasteiger partial charge in [0.1, 0.15) is 0 Å². The lowest BCUT2D eigenvalue weighted by atomic mass is 9.81. The van der Waals surface area contributed by atoms with Crippen LogP contribution in [0.15, 0.2) is 194 Å². The van der Waals surface area contributed by atoms with Crippen LogP contribution >= 0.6 is 0 Å². The summed E-state index contributed by atoms with van der Waals surface area (Å²) in [7, 11) is 0. The second-order valence-electron chi connectivity index (χ2n) is 16.2. The molecule has 1 aliphatic carbocycles. The largest absolute Gasteiger partial charge is 0.310 e. The number of fused-ring (bicyclic) bond motifs is 5. The molecule has 0 bridgehead atoms. The molecule has 1 heterocycles. The summed E-state index contributed by atoms with van der Waals surface area (Å²) in [5, 5.41) is 10.2. The van der Waals surface area contributed by atoms with Crippen molar-refractivity contribution in [2.75, 3.05) is 4.90 Å². The van der Waals surface area contributed by atoms with E-state index in [1.165, 1.54) is 98.9 Å². The summed E-state index contributed by atoms with van der Waals surface area (Å²) in [5.41, 5.74) is 14.8. The second-order valence-corrected chi connectivity index (χ2v) is 16.2. The van der Waals surface area contributed by atoms with Gasteiger partial charge in [0.2, 0.25) is 0 Å². The number of rotatable bonds is 5. The molecule has 1 aliphatic rings. The Hall–Kier alpha value is -7.16. The molecular formula is C55H38N2. The van der Waals surface area contributed by atoms with Gasteiger partial charge < -0.3 is 9.47 Å². The molecule has 2 heteroatoms. The van der Waals surface area contributed by atoms with E-state index in [1.807, 2.05) is 0 Å². The van der Waals surface area contributed by atoms with E-state index in [9.17, 15) is 0 Å². The number of nitrogens with zero attached hydrogens (tertiary/aromatic N) is 2. The number of hydrogen-bond donors (Lipinski definition) is 0. The van der Waals surface area contributed by atoms with E-state index in [-0.39, 0.29) is 5.41 Å². The minimum absolute atomic E-state index is 0.203. The Kier molecular flexibility index (Phi) is 6.72. The van der Waals surface area contributed by atoms with Crippen molar-refractivity contribution in [3.05, 3.63) is 205 Å². The van der Waals surface area contributed by atoms with Gasteiger partial charge in [0, 0.05) is 38.6 Å². The molecule has 0 radical (unpaired) electrons. The van der Waals surface area contributed by atoms with Gasteiger partial charge in [-0.1, -0.05) is 141 Å². The summed E-state index contributed by atoms with van der Waals surface area (Å²) in [6.07, 6.45) is 0. The normalized spacial score (nSPS) is 13.2. The third-order valence-corrected chi connectivity index (χ3v) is 12.7. The van der Waals surface area contributed by atoms with Gasteiger partial charge in [-0.3, -0.25) is 0 Å². The maximum atomic E-state index is 2.48. The van der Waals surface area contributed by atoms with Crippen molar-refractivity contribution in [1.82, 2.24) is 4.57 Å². The fourth-order valence-electron chi connectivity index (χ4n) is 9.91. The van der Waals surface area contributed by atoms with E-state index in [4.69, 9.17) is 0 Å². The molecule has 11 aromatic rings. The minimum Gasteiger partial charge on any atom is -0.310 e. The summed E-state index contributed by atoms with van der Waals surface area (Å²) < 4.78 is 2.48. The number of aromatic nitrogens is 1. The molecule has 12 rings (SSSR count). The highest BCUT2D eigenvalue weighted by molar-refractivity contribution is 6.25. The lowest BCUT2D eigenvalue weighted by molar-refractivity contribution is 0.660. The molecule has 0 N–H and O–H groups in total. The SMILES string of the molecule is CC1(C)c2cc(-c3cc4ccc5cccc6c5c4c(c3)n6-c3ccc4ccccc4c3)ccc2-c2ccc(N(c3ccccc3)c3cccc4ccccc34)cc21. The van der Waals surface area contributed by atoms with Crippen LogP contribution in [0.3, 0.4) is 0 Å². The molecule has 0 fully saturated rings. The van der Waals surface area contributed by atoms with Crippen molar-refractivity contribution in [1.29, 1.82) is 0 Å². The van der Waals surface area contributed by atoms with Gasteiger partial charge >= 0.3 is 0 Å². The maximum Gasteiger partial charge on any atom is 0.0553 e. The second kappa shape index (κ2) is 11.9. The summed E-state index contributed by atoms with van der Waals surface area (Å²) in [5.74, 6) is 0. The molecule has 0 atom stereocenters. The Balaban J connectivity index is 1.01. The minimum atomic E-state index is -0.203. The fourth-order valence-corrected chi connectivity index (χ4v) is 9.91. The summed E-state index contributed by atoms with van der Waals surface area (Å²) in [6, 6.07) is 71.9. The van der Waals surface area contributed by atoms with E-state index < -0.39 is 0 Å². The van der Waals surface area contributed by atoms with Crippen LogP contribution < -0.4 is 4.90 Å². The Morgan fingerprint density at radius 1 is 0.404 bits per heavy atom. The van der Waals surface area contributed by atoms with Gasteiger partial charge in [0.15, 0.2) is 0 Å². The van der Waals surface area contributed by atoms with E-state index in [0.29, 0.717) is 0 Å². The molecule has 0 aliphatic heterocycles. The van der Waals surface area contributed by atoms with Crippen LogP contribution in [0.4, 0.5) is 17.1 Å². The highest BCUT2D eigenvalue weighted by Gasteiger charge is 2.36. The van der Waals surface area contributed by atoms with Crippen LogP contribution in [-0.4, -0.2) is 4.57 Å². The number of benzene rings is 10. The van der Waals surface area contributed by atoms with E-state index in [0.717, 1.165) is 11.4 Å². The van der Waals surface area contributed by atoms with Crippen LogP contribution in [0.2, 0.25) is 0 Å². The first-order valence-electron chi connectivity index (χ1n) is 19.9. The zero-order chi connectivity index (χ0) is 37.8. The Morgan fingerprint density at radius 2 is 1.07 bits per heavy atom. The highest BCUT2D eigenvalue weighted by Crippen LogP contribution is 2.52. The molecule has 0 saturated heterocycles. The predicted molar refractivity (Wildman–Crippen MR) is 242 cm³/mol. The lowest BCUT2D eigenvalue weighted by Gasteiger charge is -2.29. The zero-order valence-corrected chi connectivity index (χ0v) is 31.9. The Bertz CT molecular complexity index is 3380. The third-order valence-electron chi connectivity index (χ3n) is 12.7. The van der Waals surface area contributed by atoms with Gasteiger partial charge in [-0.15, -0.1) is 0 Å². The molecule has 0 saturated carbocycles. The maximum absolute atomic E-state index is 2.48. The van der Waals surface area contributed by atoms with Crippen LogP contribution in [0, 0.1) is 0 Å². The first-order chi connectivity index (χ1) is 28.0. The molecule has 1 aromatic heterocycles. The standard InChI is InChI=1S/C55H38N2/c1-55(2)48-32-39(41-30-40-23-22-37-16-11-21-51-53(37)54(40)52(33-41)57(51)43-26-24-35-12-6-7-14-38(35)31-43)25-28-46(48)47-29-27-44(34-49(47)55)56(42-17-4-3-5-18-42)50-20-10-15-36-13-8-9-19-45(36)50/h3-34H,1-2H3. The topological polar surface area (TPSA) is 8.17 Å². The molecule has 57 heavy (non-hydrogen) atoms. The van der Waals surface area contributed by atoms with Crippen molar-refractivity contribution >= 4 is 71.2 Å². The van der Waals surface area contributed by atoms with E-state index >= 15 is 0 Å². The Morgan fingerprint density at radius 3 is 1.95 bits per heavy atom. The summed E-state index contributed by atoms with van der Waals surface area (Å²) in [6.45, 7) is 4.79. The van der Waals surface area contributed by atoms with Gasteiger partial charge in [-0.25, -0.2) is 0 Å².